The van der Waals surface area contributed by atoms with Gasteiger partial charge in [-0.1, -0.05) is 22.9 Å². The zero-order valence-electron chi connectivity index (χ0n) is 16.1. The van der Waals surface area contributed by atoms with Gasteiger partial charge in [-0.2, -0.15) is 0 Å². The number of nitrogens with one attached hydrogen (secondary N) is 1. The molecule has 0 radical (unpaired) electrons. The molecule has 0 aliphatic carbocycles. The molecule has 156 valence electrons. The standard InChI is InChI=1S/C19H23ClFN5O3/c1-29-9-7-22-19(28)17-12-26(24-23-17)13-4-3-8-25(11-13)18(27)10-14-15(20)5-2-6-16(14)21/h2,5-6,12-13H,3-4,7-11H2,1H3,(H,22,28)/t13-/m1/s1. The number of halogens is 2. The van der Waals surface area contributed by atoms with Crippen molar-refractivity contribution < 1.29 is 18.7 Å². The highest BCUT2D eigenvalue weighted by molar-refractivity contribution is 6.31. The summed E-state index contributed by atoms with van der Waals surface area (Å²) in [6.45, 7) is 1.79. The quantitative estimate of drug-likeness (QED) is 0.686. The van der Waals surface area contributed by atoms with Crippen LogP contribution in [-0.4, -0.2) is 65.1 Å². The maximum Gasteiger partial charge on any atom is 0.273 e. The number of likely N-dealkylation sites (tertiary alicyclic amines) is 1. The summed E-state index contributed by atoms with van der Waals surface area (Å²) in [6, 6.07) is 4.27. The number of benzene rings is 1. The van der Waals surface area contributed by atoms with Gasteiger partial charge in [-0.3, -0.25) is 9.59 Å². The van der Waals surface area contributed by atoms with E-state index >= 15 is 0 Å². The van der Waals surface area contributed by atoms with E-state index < -0.39 is 5.82 Å². The lowest BCUT2D eigenvalue weighted by atomic mass is 10.0. The number of piperidine rings is 1. The number of methoxy groups -OCH3 is 1. The van der Waals surface area contributed by atoms with E-state index in [9.17, 15) is 14.0 Å². The average molecular weight is 424 g/mol. The van der Waals surface area contributed by atoms with E-state index in [1.54, 1.807) is 29.0 Å². The van der Waals surface area contributed by atoms with Gasteiger partial charge in [-0.15, -0.1) is 5.10 Å². The van der Waals surface area contributed by atoms with Crippen LogP contribution in [0.3, 0.4) is 0 Å². The molecule has 29 heavy (non-hydrogen) atoms. The Balaban J connectivity index is 1.62. The fourth-order valence-electron chi connectivity index (χ4n) is 3.28. The third kappa shape index (κ3) is 5.30. The molecule has 1 fully saturated rings. The second-order valence-corrected chi connectivity index (χ2v) is 7.25. The molecule has 0 unspecified atom stereocenters. The number of rotatable bonds is 7. The van der Waals surface area contributed by atoms with Crippen molar-refractivity contribution in [2.24, 2.45) is 0 Å². The Bertz CT molecular complexity index is 855. The van der Waals surface area contributed by atoms with Crippen LogP contribution in [0, 0.1) is 5.82 Å². The Hall–Kier alpha value is -2.52. The first kappa shape index (κ1) is 21.2. The lowest BCUT2D eigenvalue weighted by Crippen LogP contribution is -2.41. The van der Waals surface area contributed by atoms with Gasteiger partial charge >= 0.3 is 0 Å². The van der Waals surface area contributed by atoms with Crippen molar-refractivity contribution in [2.75, 3.05) is 33.4 Å². The molecule has 1 aromatic heterocycles. The maximum absolute atomic E-state index is 14.0. The first-order chi connectivity index (χ1) is 14.0. The van der Waals surface area contributed by atoms with E-state index in [-0.39, 0.29) is 40.6 Å². The summed E-state index contributed by atoms with van der Waals surface area (Å²) >= 11 is 6.04. The van der Waals surface area contributed by atoms with Crippen LogP contribution in [0.25, 0.3) is 0 Å². The Morgan fingerprint density at radius 2 is 2.24 bits per heavy atom. The largest absolute Gasteiger partial charge is 0.383 e. The van der Waals surface area contributed by atoms with Crippen LogP contribution >= 0.6 is 11.6 Å². The Labute approximate surface area is 173 Å². The lowest BCUT2D eigenvalue weighted by Gasteiger charge is -2.32. The van der Waals surface area contributed by atoms with Crippen molar-refractivity contribution in [3.63, 3.8) is 0 Å². The molecule has 2 aromatic rings. The predicted molar refractivity (Wildman–Crippen MR) is 104 cm³/mol. The summed E-state index contributed by atoms with van der Waals surface area (Å²) in [5.74, 6) is -1.01. The molecule has 1 N–H and O–H groups in total. The third-order valence-corrected chi connectivity index (χ3v) is 5.20. The smallest absolute Gasteiger partial charge is 0.273 e. The minimum Gasteiger partial charge on any atom is -0.383 e. The number of nitrogens with zero attached hydrogens (tertiary/aromatic N) is 4. The maximum atomic E-state index is 14.0. The first-order valence-corrected chi connectivity index (χ1v) is 9.77. The van der Waals surface area contributed by atoms with Crippen LogP contribution in [0.2, 0.25) is 5.02 Å². The highest BCUT2D eigenvalue weighted by Crippen LogP contribution is 2.24. The molecule has 1 aliphatic rings. The predicted octanol–water partition coefficient (Wildman–Crippen LogP) is 1.85. The molecule has 1 aromatic carbocycles. The van der Waals surface area contributed by atoms with Crippen LogP contribution in [0.15, 0.2) is 24.4 Å². The minimum atomic E-state index is -0.486. The molecule has 0 bridgehead atoms. The van der Waals surface area contributed by atoms with Gasteiger partial charge < -0.3 is 15.0 Å². The molecular formula is C19H23ClFN5O3. The SMILES string of the molecule is COCCNC(=O)c1cn([C@@H]2CCCN(C(=O)Cc3c(F)cccc3Cl)C2)nn1. The molecule has 2 amide bonds. The molecule has 1 aliphatic heterocycles. The molecule has 1 saturated heterocycles. The van der Waals surface area contributed by atoms with Crippen molar-refractivity contribution in [3.8, 4) is 0 Å². The van der Waals surface area contributed by atoms with Crippen molar-refractivity contribution >= 4 is 23.4 Å². The van der Waals surface area contributed by atoms with Gasteiger partial charge in [0.05, 0.1) is 25.3 Å². The second-order valence-electron chi connectivity index (χ2n) is 6.85. The number of aromatic nitrogens is 3. The van der Waals surface area contributed by atoms with E-state index in [1.165, 1.54) is 12.1 Å². The zero-order valence-corrected chi connectivity index (χ0v) is 16.9. The lowest BCUT2D eigenvalue weighted by molar-refractivity contribution is -0.132. The Morgan fingerprint density at radius 1 is 1.41 bits per heavy atom. The van der Waals surface area contributed by atoms with Gasteiger partial charge in [-0.25, -0.2) is 9.07 Å². The highest BCUT2D eigenvalue weighted by Gasteiger charge is 2.27. The van der Waals surface area contributed by atoms with Crippen molar-refractivity contribution in [1.82, 2.24) is 25.2 Å². The molecule has 1 atom stereocenters. The van der Waals surface area contributed by atoms with E-state index in [4.69, 9.17) is 16.3 Å². The van der Waals surface area contributed by atoms with Crippen LogP contribution in [-0.2, 0) is 16.0 Å². The van der Waals surface area contributed by atoms with Crippen molar-refractivity contribution in [1.29, 1.82) is 0 Å². The Kier molecular flexibility index (Phi) is 7.16. The van der Waals surface area contributed by atoms with E-state index in [1.807, 2.05) is 0 Å². The second kappa shape index (κ2) is 9.80. The normalized spacial score (nSPS) is 16.7. The molecule has 0 saturated carbocycles. The van der Waals surface area contributed by atoms with Crippen LogP contribution in [0.1, 0.15) is 34.9 Å². The number of ether oxygens (including phenoxy) is 1. The van der Waals surface area contributed by atoms with Gasteiger partial charge in [0.2, 0.25) is 5.91 Å². The van der Waals surface area contributed by atoms with Gasteiger partial charge in [0, 0.05) is 37.3 Å². The topological polar surface area (TPSA) is 89.4 Å². The third-order valence-electron chi connectivity index (χ3n) is 4.85. The average Bonchev–Trinajstić information content (AvgIpc) is 3.21. The Morgan fingerprint density at radius 3 is 3.00 bits per heavy atom. The van der Waals surface area contributed by atoms with E-state index in [0.29, 0.717) is 26.2 Å². The molecule has 0 spiro atoms. The number of hydrogen-bond donors (Lipinski definition) is 1. The summed E-state index contributed by atoms with van der Waals surface area (Å²) in [4.78, 5) is 26.4. The van der Waals surface area contributed by atoms with Gasteiger partial charge in [0.25, 0.3) is 5.91 Å². The highest BCUT2D eigenvalue weighted by atomic mass is 35.5. The number of carbonyl (C=O) groups is 2. The van der Waals surface area contributed by atoms with Crippen molar-refractivity contribution in [3.05, 3.63) is 46.5 Å². The zero-order chi connectivity index (χ0) is 20.8. The summed E-state index contributed by atoms with van der Waals surface area (Å²) in [6.07, 6.45) is 3.06. The fraction of sp³-hybridized carbons (Fsp3) is 0.474. The van der Waals surface area contributed by atoms with E-state index in [0.717, 1.165) is 12.8 Å². The van der Waals surface area contributed by atoms with Crippen LogP contribution < -0.4 is 5.32 Å². The number of amides is 2. The van der Waals surface area contributed by atoms with Crippen molar-refractivity contribution in [2.45, 2.75) is 25.3 Å². The fourth-order valence-corrected chi connectivity index (χ4v) is 3.51. The summed E-state index contributed by atoms with van der Waals surface area (Å²) < 4.78 is 20.5. The summed E-state index contributed by atoms with van der Waals surface area (Å²) in [5, 5.41) is 10.9. The molecular weight excluding hydrogens is 401 g/mol. The van der Waals surface area contributed by atoms with Gasteiger partial charge in [0.1, 0.15) is 5.82 Å². The first-order valence-electron chi connectivity index (χ1n) is 9.39. The van der Waals surface area contributed by atoms with Crippen LogP contribution in [0.5, 0.6) is 0 Å². The summed E-state index contributed by atoms with van der Waals surface area (Å²) in [5.41, 5.74) is 0.416. The monoisotopic (exact) mass is 423 g/mol. The molecule has 2 heterocycles. The molecule has 8 nitrogen and oxygen atoms in total. The minimum absolute atomic E-state index is 0.0945. The molecule has 3 rings (SSSR count). The van der Waals surface area contributed by atoms with E-state index in [2.05, 4.69) is 15.6 Å². The van der Waals surface area contributed by atoms with Gasteiger partial charge in [0.15, 0.2) is 5.69 Å². The van der Waals surface area contributed by atoms with Crippen LogP contribution in [0.4, 0.5) is 4.39 Å². The number of carbonyl (C=O) groups excluding carboxylic acids is 2. The van der Waals surface area contributed by atoms with Gasteiger partial charge in [-0.05, 0) is 25.0 Å². The number of hydrogen-bond acceptors (Lipinski definition) is 5. The molecule has 10 heteroatoms. The summed E-state index contributed by atoms with van der Waals surface area (Å²) in [7, 11) is 1.55.